The summed E-state index contributed by atoms with van der Waals surface area (Å²) in [6.45, 7) is 8.24. The Morgan fingerprint density at radius 1 is 1.28 bits per heavy atom. The Kier molecular flexibility index (Phi) is 12.3. The molecule has 2 aromatic rings. The predicted octanol–water partition coefficient (Wildman–Crippen LogP) is 3.46. The second-order valence-corrected chi connectivity index (χ2v) is 7.27. The second-order valence-electron chi connectivity index (χ2n) is 6.07. The third-order valence-electron chi connectivity index (χ3n) is 3.71. The number of aliphatic imine (C=N–C) groups is 1. The largest absolute Gasteiger partial charge is 0.492 e. The number of rotatable bonds is 10. The number of benzene rings is 1. The fraction of sp³-hybridized carbons (Fsp3) is 0.450. The molecular formula is C20H30IN5O2S. The molecule has 1 aromatic heterocycles. The molecule has 0 radical (unpaired) electrons. The van der Waals surface area contributed by atoms with E-state index in [1.54, 1.807) is 17.4 Å². The number of nitrogens with one attached hydrogen (secondary N) is 3. The fourth-order valence-corrected chi connectivity index (χ4v) is 3.29. The highest BCUT2D eigenvalue weighted by Gasteiger charge is 2.02. The summed E-state index contributed by atoms with van der Waals surface area (Å²) in [5.41, 5.74) is 0.723. The van der Waals surface area contributed by atoms with Crippen molar-refractivity contribution in [3.8, 4) is 5.75 Å². The lowest BCUT2D eigenvalue weighted by atomic mass is 10.3. The van der Waals surface area contributed by atoms with Crippen LogP contribution in [0.15, 0.2) is 35.5 Å². The first-order valence-electron chi connectivity index (χ1n) is 9.57. The summed E-state index contributed by atoms with van der Waals surface area (Å²) in [5.74, 6) is 1.38. The number of thiazole rings is 1. The van der Waals surface area contributed by atoms with Gasteiger partial charge in [-0.05, 0) is 25.5 Å². The number of hydrogen-bond donors (Lipinski definition) is 3. The average molecular weight is 531 g/mol. The maximum atomic E-state index is 11.1. The SMILES string of the molecule is CCNC(=NCCc1ncc(CC)s1)NCCOc1cccc(NC(C)=O)c1.I. The average Bonchev–Trinajstić information content (AvgIpc) is 3.13. The van der Waals surface area contributed by atoms with Crippen molar-refractivity contribution in [3.05, 3.63) is 40.3 Å². The monoisotopic (exact) mass is 531 g/mol. The van der Waals surface area contributed by atoms with E-state index in [9.17, 15) is 4.79 Å². The van der Waals surface area contributed by atoms with E-state index in [4.69, 9.17) is 4.74 Å². The van der Waals surface area contributed by atoms with Crippen LogP contribution in [0.4, 0.5) is 5.69 Å². The molecule has 0 saturated heterocycles. The summed E-state index contributed by atoms with van der Waals surface area (Å²) in [4.78, 5) is 21.5. The van der Waals surface area contributed by atoms with Gasteiger partial charge in [-0.3, -0.25) is 9.79 Å². The van der Waals surface area contributed by atoms with Crippen molar-refractivity contribution in [2.75, 3.05) is 31.6 Å². The van der Waals surface area contributed by atoms with Crippen molar-refractivity contribution in [1.29, 1.82) is 0 Å². The van der Waals surface area contributed by atoms with E-state index in [0.717, 1.165) is 36.0 Å². The van der Waals surface area contributed by atoms with Gasteiger partial charge in [-0.2, -0.15) is 0 Å². The van der Waals surface area contributed by atoms with Crippen LogP contribution < -0.4 is 20.7 Å². The van der Waals surface area contributed by atoms with E-state index in [-0.39, 0.29) is 29.9 Å². The van der Waals surface area contributed by atoms with Gasteiger partial charge in [0.05, 0.1) is 11.6 Å². The molecule has 1 amide bonds. The molecule has 0 atom stereocenters. The molecule has 0 unspecified atom stereocenters. The Labute approximate surface area is 193 Å². The van der Waals surface area contributed by atoms with Crippen LogP contribution in [0.5, 0.6) is 5.75 Å². The number of anilines is 1. The topological polar surface area (TPSA) is 87.6 Å². The van der Waals surface area contributed by atoms with Gasteiger partial charge in [-0.15, -0.1) is 35.3 Å². The van der Waals surface area contributed by atoms with Crippen LogP contribution in [0.25, 0.3) is 0 Å². The maximum absolute atomic E-state index is 11.1. The molecule has 9 heteroatoms. The molecular weight excluding hydrogens is 501 g/mol. The zero-order valence-electron chi connectivity index (χ0n) is 17.2. The fourth-order valence-electron chi connectivity index (χ4n) is 2.44. The van der Waals surface area contributed by atoms with Crippen LogP contribution >= 0.6 is 35.3 Å². The summed E-state index contributed by atoms with van der Waals surface area (Å²) in [6, 6.07) is 7.35. The van der Waals surface area contributed by atoms with Gasteiger partial charge in [0.15, 0.2) is 5.96 Å². The van der Waals surface area contributed by atoms with Gasteiger partial charge in [0, 0.05) is 49.3 Å². The van der Waals surface area contributed by atoms with Gasteiger partial charge in [0.25, 0.3) is 0 Å². The predicted molar refractivity (Wildman–Crippen MR) is 131 cm³/mol. The molecule has 160 valence electrons. The Morgan fingerprint density at radius 2 is 2.10 bits per heavy atom. The molecule has 3 N–H and O–H groups in total. The Bertz CT molecular complexity index is 782. The van der Waals surface area contributed by atoms with Crippen LogP contribution in [0, 0.1) is 0 Å². The summed E-state index contributed by atoms with van der Waals surface area (Å²) < 4.78 is 5.74. The molecule has 7 nitrogen and oxygen atoms in total. The van der Waals surface area contributed by atoms with Crippen molar-refractivity contribution >= 4 is 52.9 Å². The van der Waals surface area contributed by atoms with E-state index < -0.39 is 0 Å². The normalized spacial score (nSPS) is 10.8. The van der Waals surface area contributed by atoms with E-state index in [0.29, 0.717) is 25.4 Å². The summed E-state index contributed by atoms with van der Waals surface area (Å²) in [6.07, 6.45) is 3.82. The summed E-state index contributed by atoms with van der Waals surface area (Å²) in [5, 5.41) is 10.4. The standard InChI is InChI=1S/C20H29N5O2S.HI/c1-4-18-14-24-19(28-18)9-10-22-20(21-5-2)23-11-12-27-17-8-6-7-16(13-17)25-15(3)26;/h6-8,13-14H,4-5,9-12H2,1-3H3,(H,25,26)(H2,21,22,23);1H. The molecule has 0 aliphatic heterocycles. The number of nitrogens with zero attached hydrogens (tertiary/aromatic N) is 2. The third kappa shape index (κ3) is 9.93. The van der Waals surface area contributed by atoms with Crippen molar-refractivity contribution < 1.29 is 9.53 Å². The van der Waals surface area contributed by atoms with E-state index in [2.05, 4.69) is 32.9 Å². The number of amides is 1. The van der Waals surface area contributed by atoms with Crippen LogP contribution in [0.3, 0.4) is 0 Å². The first kappa shape index (κ1) is 25.2. The molecule has 0 fully saturated rings. The Hall–Kier alpha value is -1.88. The second kappa shape index (κ2) is 14.2. The molecule has 29 heavy (non-hydrogen) atoms. The van der Waals surface area contributed by atoms with Crippen LogP contribution in [0.1, 0.15) is 30.7 Å². The summed E-state index contributed by atoms with van der Waals surface area (Å²) in [7, 11) is 0. The molecule has 0 aliphatic rings. The van der Waals surface area contributed by atoms with E-state index in [1.165, 1.54) is 11.8 Å². The van der Waals surface area contributed by atoms with Crippen LogP contribution in [-0.2, 0) is 17.6 Å². The zero-order chi connectivity index (χ0) is 20.2. The van der Waals surface area contributed by atoms with E-state index >= 15 is 0 Å². The number of aromatic nitrogens is 1. The van der Waals surface area contributed by atoms with Gasteiger partial charge in [-0.25, -0.2) is 4.98 Å². The molecule has 0 spiro atoms. The number of hydrogen-bond acceptors (Lipinski definition) is 5. The molecule has 0 bridgehead atoms. The van der Waals surface area contributed by atoms with Crippen LogP contribution in [0.2, 0.25) is 0 Å². The minimum Gasteiger partial charge on any atom is -0.492 e. The summed E-state index contributed by atoms with van der Waals surface area (Å²) >= 11 is 1.75. The minimum atomic E-state index is -0.103. The van der Waals surface area contributed by atoms with Crippen molar-refractivity contribution in [1.82, 2.24) is 15.6 Å². The lowest BCUT2D eigenvalue weighted by Gasteiger charge is -2.12. The van der Waals surface area contributed by atoms with Crippen LogP contribution in [-0.4, -0.2) is 43.1 Å². The highest BCUT2D eigenvalue weighted by molar-refractivity contribution is 14.0. The number of halogens is 1. The van der Waals surface area contributed by atoms with Gasteiger partial charge in [0.1, 0.15) is 12.4 Å². The number of carbonyl (C=O) groups is 1. The molecule has 0 saturated carbocycles. The van der Waals surface area contributed by atoms with E-state index in [1.807, 2.05) is 31.3 Å². The highest BCUT2D eigenvalue weighted by atomic mass is 127. The zero-order valence-corrected chi connectivity index (χ0v) is 20.3. The Balaban J connectivity index is 0.00000420. The van der Waals surface area contributed by atoms with Gasteiger partial charge < -0.3 is 20.7 Å². The Morgan fingerprint density at radius 3 is 2.79 bits per heavy atom. The molecule has 2 rings (SSSR count). The minimum absolute atomic E-state index is 0. The van der Waals surface area contributed by atoms with Crippen molar-refractivity contribution in [3.63, 3.8) is 0 Å². The number of carbonyl (C=O) groups excluding carboxylic acids is 1. The number of aryl methyl sites for hydroxylation is 1. The van der Waals surface area contributed by atoms with Gasteiger partial charge in [-0.1, -0.05) is 13.0 Å². The number of guanidine groups is 1. The first-order valence-corrected chi connectivity index (χ1v) is 10.4. The maximum Gasteiger partial charge on any atom is 0.221 e. The van der Waals surface area contributed by atoms with Gasteiger partial charge >= 0.3 is 0 Å². The molecule has 0 aliphatic carbocycles. The smallest absolute Gasteiger partial charge is 0.221 e. The van der Waals surface area contributed by atoms with Gasteiger partial charge in [0.2, 0.25) is 5.91 Å². The third-order valence-corrected chi connectivity index (χ3v) is 4.91. The quantitative estimate of drug-likeness (QED) is 0.189. The van der Waals surface area contributed by atoms with Crippen molar-refractivity contribution in [2.24, 2.45) is 4.99 Å². The highest BCUT2D eigenvalue weighted by Crippen LogP contribution is 2.17. The van der Waals surface area contributed by atoms with Crippen molar-refractivity contribution in [2.45, 2.75) is 33.6 Å². The lowest BCUT2D eigenvalue weighted by Crippen LogP contribution is -2.39. The first-order chi connectivity index (χ1) is 13.6. The molecule has 1 heterocycles. The molecule has 1 aromatic carbocycles. The number of ether oxygens (including phenoxy) is 1. The lowest BCUT2D eigenvalue weighted by molar-refractivity contribution is -0.114.